The van der Waals surface area contributed by atoms with Crippen molar-refractivity contribution in [3.8, 4) is 23.3 Å². The minimum Gasteiger partial charge on any atom is -0.495 e. The maximum Gasteiger partial charge on any atom is 0.187 e. The quantitative estimate of drug-likeness (QED) is 0.378. The van der Waals surface area contributed by atoms with Crippen molar-refractivity contribution in [2.75, 3.05) is 26.1 Å². The Morgan fingerprint density at radius 3 is 2.55 bits per heavy atom. The van der Waals surface area contributed by atoms with Crippen molar-refractivity contribution in [1.29, 1.82) is 5.26 Å². The molecule has 0 radical (unpaired) electrons. The van der Waals surface area contributed by atoms with Gasteiger partial charge in [-0.1, -0.05) is 23.2 Å². The van der Waals surface area contributed by atoms with Gasteiger partial charge in [0.25, 0.3) is 0 Å². The van der Waals surface area contributed by atoms with Gasteiger partial charge in [0.2, 0.25) is 0 Å². The van der Waals surface area contributed by atoms with Crippen LogP contribution in [0.5, 0.6) is 17.2 Å². The van der Waals surface area contributed by atoms with E-state index in [0.29, 0.717) is 68.3 Å². The van der Waals surface area contributed by atoms with Crippen molar-refractivity contribution in [2.24, 2.45) is 0 Å². The lowest BCUT2D eigenvalue weighted by Gasteiger charge is -2.17. The summed E-state index contributed by atoms with van der Waals surface area (Å²) in [6.07, 6.45) is 4.67. The molecule has 0 spiro atoms. The molecule has 0 fully saturated rings. The number of nitriles is 1. The molecule has 2 heterocycles. The number of nitrogens with zero attached hydrogens (tertiary/aromatic N) is 5. The number of rotatable bonds is 8. The van der Waals surface area contributed by atoms with E-state index in [2.05, 4.69) is 26.6 Å². The van der Waals surface area contributed by atoms with Gasteiger partial charge in [0, 0.05) is 17.6 Å². The van der Waals surface area contributed by atoms with E-state index >= 15 is 0 Å². The Labute approximate surface area is 199 Å². The first-order chi connectivity index (χ1) is 16.0. The number of hydrogen-bond acceptors (Lipinski definition) is 8. The lowest BCUT2D eigenvalue weighted by Crippen LogP contribution is -2.11. The summed E-state index contributed by atoms with van der Waals surface area (Å²) in [6, 6.07) is 8.95. The summed E-state index contributed by atoms with van der Waals surface area (Å²) in [4.78, 5) is 5.96. The second-order valence-electron chi connectivity index (χ2n) is 6.72. The molecular formula is C22H18Cl2N6O3. The minimum atomic E-state index is 0.327. The minimum absolute atomic E-state index is 0.327. The number of halogens is 2. The van der Waals surface area contributed by atoms with Crippen molar-refractivity contribution >= 4 is 45.5 Å². The molecule has 0 aliphatic rings. The van der Waals surface area contributed by atoms with Gasteiger partial charge in [-0.05, 0) is 18.2 Å². The average Bonchev–Trinajstić information content (AvgIpc) is 3.34. The highest BCUT2D eigenvalue weighted by Gasteiger charge is 2.18. The van der Waals surface area contributed by atoms with Crippen LogP contribution in [0, 0.1) is 11.3 Å². The van der Waals surface area contributed by atoms with Gasteiger partial charge in [-0.25, -0.2) is 0 Å². The first-order valence-electron chi connectivity index (χ1n) is 9.72. The molecule has 11 heteroatoms. The Morgan fingerprint density at radius 1 is 1.06 bits per heavy atom. The topological polar surface area (TPSA) is 107 Å². The normalized spacial score (nSPS) is 10.6. The van der Waals surface area contributed by atoms with Crippen LogP contribution >= 0.6 is 23.2 Å². The summed E-state index contributed by atoms with van der Waals surface area (Å²) in [5.41, 5.74) is 1.88. The molecule has 0 aliphatic heterocycles. The molecule has 0 atom stereocenters. The number of nitrogens with one attached hydrogen (secondary N) is 1. The first-order valence-corrected chi connectivity index (χ1v) is 10.5. The van der Waals surface area contributed by atoms with Crippen molar-refractivity contribution in [2.45, 2.75) is 6.54 Å². The smallest absolute Gasteiger partial charge is 0.187 e. The van der Waals surface area contributed by atoms with Crippen LogP contribution in [0.4, 0.5) is 11.4 Å². The highest BCUT2D eigenvalue weighted by molar-refractivity contribution is 6.37. The van der Waals surface area contributed by atoms with Gasteiger partial charge in [0.15, 0.2) is 11.5 Å². The van der Waals surface area contributed by atoms with Crippen LogP contribution in [0.1, 0.15) is 5.56 Å². The Bertz CT molecular complexity index is 1340. The number of pyridine rings is 1. The van der Waals surface area contributed by atoms with Crippen molar-refractivity contribution < 1.29 is 14.2 Å². The Balaban J connectivity index is 1.73. The third-order valence-electron chi connectivity index (χ3n) is 4.80. The summed E-state index contributed by atoms with van der Waals surface area (Å²) in [6.45, 7) is 0.802. The third kappa shape index (κ3) is 4.58. The predicted octanol–water partition coefficient (Wildman–Crippen LogP) is 4.84. The van der Waals surface area contributed by atoms with Crippen molar-refractivity contribution in [1.82, 2.24) is 20.0 Å². The maximum absolute atomic E-state index is 9.68. The molecule has 2 aromatic heterocycles. The predicted molar refractivity (Wildman–Crippen MR) is 125 cm³/mol. The molecule has 0 saturated carbocycles. The maximum atomic E-state index is 9.68. The van der Waals surface area contributed by atoms with Crippen LogP contribution in [0.2, 0.25) is 10.0 Å². The largest absolute Gasteiger partial charge is 0.495 e. The monoisotopic (exact) mass is 484 g/mol. The molecule has 0 amide bonds. The summed E-state index contributed by atoms with van der Waals surface area (Å²) in [5, 5.41) is 22.4. The van der Waals surface area contributed by atoms with Gasteiger partial charge >= 0.3 is 0 Å². The standard InChI is InChI=1S/C22H18Cl2N6O3/c1-31-19-10-17(15(23)9-16(19)24)29-20-13(11-25)12-26-21-14(20)3-4-18(22(21)32-2)33-8-7-30-27-5-6-28-30/h3-6,9-10,12H,7-8H2,1-2H3,(H,26,29). The molecule has 0 aliphatic carbocycles. The molecule has 33 heavy (non-hydrogen) atoms. The molecule has 0 bridgehead atoms. The van der Waals surface area contributed by atoms with Crippen LogP contribution in [0.25, 0.3) is 10.9 Å². The fourth-order valence-corrected chi connectivity index (χ4v) is 3.77. The van der Waals surface area contributed by atoms with Gasteiger partial charge in [-0.3, -0.25) is 4.98 Å². The Kier molecular flexibility index (Phi) is 6.68. The van der Waals surface area contributed by atoms with E-state index in [9.17, 15) is 5.26 Å². The van der Waals surface area contributed by atoms with E-state index in [1.165, 1.54) is 25.2 Å². The van der Waals surface area contributed by atoms with E-state index < -0.39 is 0 Å². The zero-order chi connectivity index (χ0) is 23.4. The van der Waals surface area contributed by atoms with Crippen LogP contribution < -0.4 is 19.5 Å². The summed E-state index contributed by atoms with van der Waals surface area (Å²) in [7, 11) is 3.04. The number of fused-ring (bicyclic) bond motifs is 1. The van der Waals surface area contributed by atoms with Crippen LogP contribution in [0.3, 0.4) is 0 Å². The molecule has 4 rings (SSSR count). The molecular weight excluding hydrogens is 467 g/mol. The molecule has 2 aromatic carbocycles. The number of aromatic nitrogens is 4. The average molecular weight is 485 g/mol. The summed E-state index contributed by atoms with van der Waals surface area (Å²) in [5.74, 6) is 1.39. The summed E-state index contributed by atoms with van der Waals surface area (Å²) >= 11 is 12.5. The van der Waals surface area contributed by atoms with Crippen molar-refractivity contribution in [3.05, 3.63) is 58.5 Å². The van der Waals surface area contributed by atoms with Gasteiger partial charge < -0.3 is 19.5 Å². The van der Waals surface area contributed by atoms with Crippen LogP contribution in [-0.4, -0.2) is 40.8 Å². The Hall–Kier alpha value is -3.74. The van der Waals surface area contributed by atoms with E-state index in [1.807, 2.05) is 0 Å². The molecule has 4 aromatic rings. The number of hydrogen-bond donors (Lipinski definition) is 1. The van der Waals surface area contributed by atoms with E-state index in [0.717, 1.165) is 0 Å². The van der Waals surface area contributed by atoms with Crippen molar-refractivity contribution in [3.63, 3.8) is 0 Å². The van der Waals surface area contributed by atoms with E-state index in [1.54, 1.807) is 36.7 Å². The van der Waals surface area contributed by atoms with Gasteiger partial charge in [-0.15, -0.1) is 0 Å². The zero-order valence-electron chi connectivity index (χ0n) is 17.7. The van der Waals surface area contributed by atoms with E-state index in [4.69, 9.17) is 37.4 Å². The first kappa shape index (κ1) is 22.5. The number of anilines is 2. The van der Waals surface area contributed by atoms with E-state index in [-0.39, 0.29) is 0 Å². The number of methoxy groups -OCH3 is 2. The summed E-state index contributed by atoms with van der Waals surface area (Å²) < 4.78 is 16.8. The lowest BCUT2D eigenvalue weighted by molar-refractivity contribution is 0.268. The molecule has 0 unspecified atom stereocenters. The zero-order valence-corrected chi connectivity index (χ0v) is 19.2. The molecule has 1 N–H and O–H groups in total. The highest BCUT2D eigenvalue weighted by Crippen LogP contribution is 2.41. The number of ether oxygens (including phenoxy) is 3. The molecule has 0 saturated heterocycles. The Morgan fingerprint density at radius 2 is 1.85 bits per heavy atom. The molecule has 9 nitrogen and oxygen atoms in total. The molecule has 168 valence electrons. The SMILES string of the molecule is COc1cc(Nc2c(C#N)cnc3c(OC)c(OCCn4nccn4)ccc23)c(Cl)cc1Cl. The highest BCUT2D eigenvalue weighted by atomic mass is 35.5. The second-order valence-corrected chi connectivity index (χ2v) is 7.53. The number of benzene rings is 2. The second kappa shape index (κ2) is 9.81. The van der Waals surface area contributed by atoms with Gasteiger partial charge in [-0.2, -0.15) is 20.3 Å². The van der Waals surface area contributed by atoms with Crippen LogP contribution in [0.15, 0.2) is 42.9 Å². The third-order valence-corrected chi connectivity index (χ3v) is 5.41. The fraction of sp³-hybridized carbons (Fsp3) is 0.182. The van der Waals surface area contributed by atoms with Gasteiger partial charge in [0.1, 0.15) is 23.9 Å². The lowest BCUT2D eigenvalue weighted by atomic mass is 10.1. The van der Waals surface area contributed by atoms with Crippen LogP contribution in [-0.2, 0) is 6.54 Å². The van der Waals surface area contributed by atoms with Gasteiger partial charge in [0.05, 0.1) is 60.1 Å². The fourth-order valence-electron chi connectivity index (χ4n) is 3.26.